The van der Waals surface area contributed by atoms with Crippen molar-refractivity contribution in [2.45, 2.75) is 51.1 Å². The highest BCUT2D eigenvalue weighted by Crippen LogP contribution is 2.36. The highest BCUT2D eigenvalue weighted by molar-refractivity contribution is 5.11. The molecule has 0 amide bonds. The maximum absolute atomic E-state index is 5.63. The molecular formula is C16H23N3O5. The predicted molar refractivity (Wildman–Crippen MR) is 84.4 cm³/mol. The summed E-state index contributed by atoms with van der Waals surface area (Å²) in [4.78, 5) is 12.4. The maximum atomic E-state index is 5.63. The van der Waals surface area contributed by atoms with E-state index in [0.717, 1.165) is 0 Å². The van der Waals surface area contributed by atoms with Crippen LogP contribution >= 0.6 is 0 Å². The zero-order chi connectivity index (χ0) is 17.4. The second-order valence-electron chi connectivity index (χ2n) is 6.51. The van der Waals surface area contributed by atoms with Gasteiger partial charge in [0.15, 0.2) is 0 Å². The standard InChI is InChI=1S/C16H23N3O5/c1-6-7-20-12-17-13(21-8-15(4)10(2)23-15)19-14(18-12)22-9-16(5)11(3)24-16/h6,10-11H,1,7-9H2,2-5H3. The predicted octanol–water partition coefficient (Wildman–Crippen LogP) is 1.55. The molecule has 2 aliphatic heterocycles. The number of hydrogen-bond donors (Lipinski definition) is 0. The molecule has 132 valence electrons. The minimum absolute atomic E-state index is 0.125. The van der Waals surface area contributed by atoms with E-state index < -0.39 is 0 Å². The van der Waals surface area contributed by atoms with Crippen LogP contribution in [0.2, 0.25) is 0 Å². The first-order valence-corrected chi connectivity index (χ1v) is 7.96. The molecule has 4 atom stereocenters. The summed E-state index contributed by atoms with van der Waals surface area (Å²) in [6, 6.07) is 0.399. The Labute approximate surface area is 141 Å². The van der Waals surface area contributed by atoms with Gasteiger partial charge in [0.2, 0.25) is 0 Å². The Kier molecular flexibility index (Phi) is 4.35. The molecule has 2 fully saturated rings. The molecule has 0 spiro atoms. The van der Waals surface area contributed by atoms with Crippen LogP contribution < -0.4 is 14.2 Å². The third kappa shape index (κ3) is 3.76. The van der Waals surface area contributed by atoms with Crippen LogP contribution in [0.25, 0.3) is 0 Å². The summed E-state index contributed by atoms with van der Waals surface area (Å²) in [5, 5.41) is 0. The van der Waals surface area contributed by atoms with Gasteiger partial charge in [-0.05, 0) is 27.7 Å². The molecule has 2 aliphatic rings. The second kappa shape index (κ2) is 6.18. The zero-order valence-corrected chi connectivity index (χ0v) is 14.4. The van der Waals surface area contributed by atoms with Gasteiger partial charge in [0.25, 0.3) is 0 Å². The van der Waals surface area contributed by atoms with Gasteiger partial charge in [0, 0.05) is 0 Å². The molecule has 0 radical (unpaired) electrons. The van der Waals surface area contributed by atoms with Gasteiger partial charge in [0.05, 0.1) is 12.2 Å². The Hall–Kier alpha value is -1.93. The summed E-state index contributed by atoms with van der Waals surface area (Å²) < 4.78 is 27.6. The highest BCUT2D eigenvalue weighted by atomic mass is 16.6. The third-order valence-electron chi connectivity index (χ3n) is 4.38. The molecule has 1 aromatic rings. The van der Waals surface area contributed by atoms with Gasteiger partial charge in [0.1, 0.15) is 31.0 Å². The van der Waals surface area contributed by atoms with Gasteiger partial charge in [-0.25, -0.2) is 0 Å². The van der Waals surface area contributed by atoms with Crippen molar-refractivity contribution in [1.29, 1.82) is 0 Å². The Morgan fingerprint density at radius 3 is 1.62 bits per heavy atom. The normalized spacial score (nSPS) is 33.7. The van der Waals surface area contributed by atoms with E-state index in [1.165, 1.54) is 0 Å². The van der Waals surface area contributed by atoms with Gasteiger partial charge >= 0.3 is 18.0 Å². The number of hydrogen-bond acceptors (Lipinski definition) is 8. The average molecular weight is 337 g/mol. The molecule has 0 aliphatic carbocycles. The topological polar surface area (TPSA) is 91.4 Å². The van der Waals surface area contributed by atoms with E-state index in [2.05, 4.69) is 21.5 Å². The summed E-state index contributed by atoms with van der Waals surface area (Å²) in [6.07, 6.45) is 1.91. The van der Waals surface area contributed by atoms with Crippen molar-refractivity contribution in [3.63, 3.8) is 0 Å². The highest BCUT2D eigenvalue weighted by Gasteiger charge is 2.50. The first-order valence-electron chi connectivity index (χ1n) is 7.96. The Bertz CT molecular complexity index is 583. The molecule has 8 heteroatoms. The van der Waals surface area contributed by atoms with Crippen molar-refractivity contribution >= 4 is 0 Å². The molecule has 4 unspecified atom stereocenters. The lowest BCUT2D eigenvalue weighted by molar-refractivity contribution is 0.170. The lowest BCUT2D eigenvalue weighted by Crippen LogP contribution is -2.22. The van der Waals surface area contributed by atoms with Crippen molar-refractivity contribution in [1.82, 2.24) is 15.0 Å². The molecule has 3 heterocycles. The first-order chi connectivity index (χ1) is 11.3. The smallest absolute Gasteiger partial charge is 0.326 e. The largest absolute Gasteiger partial charge is 0.460 e. The van der Waals surface area contributed by atoms with E-state index in [9.17, 15) is 0 Å². The second-order valence-corrected chi connectivity index (χ2v) is 6.51. The van der Waals surface area contributed by atoms with E-state index in [-0.39, 0.29) is 48.0 Å². The fourth-order valence-corrected chi connectivity index (χ4v) is 2.11. The molecule has 24 heavy (non-hydrogen) atoms. The molecule has 1 aromatic heterocycles. The van der Waals surface area contributed by atoms with Gasteiger partial charge in [-0.15, -0.1) is 15.0 Å². The Morgan fingerprint density at radius 2 is 1.29 bits per heavy atom. The van der Waals surface area contributed by atoms with Crippen LogP contribution in [0.5, 0.6) is 18.0 Å². The molecule has 2 saturated heterocycles. The number of rotatable bonds is 9. The number of aromatic nitrogens is 3. The van der Waals surface area contributed by atoms with Gasteiger partial charge in [-0.1, -0.05) is 12.7 Å². The molecule has 0 saturated carbocycles. The van der Waals surface area contributed by atoms with E-state index in [4.69, 9.17) is 23.7 Å². The Morgan fingerprint density at radius 1 is 0.917 bits per heavy atom. The van der Waals surface area contributed by atoms with E-state index >= 15 is 0 Å². The average Bonchev–Trinajstić information content (AvgIpc) is 3.37. The van der Waals surface area contributed by atoms with E-state index in [1.807, 2.05) is 27.7 Å². The van der Waals surface area contributed by atoms with Crippen LogP contribution in [0.3, 0.4) is 0 Å². The lowest BCUT2D eigenvalue weighted by Gasteiger charge is -2.11. The minimum Gasteiger partial charge on any atom is -0.460 e. The lowest BCUT2D eigenvalue weighted by atomic mass is 10.1. The molecular weight excluding hydrogens is 314 g/mol. The summed E-state index contributed by atoms with van der Waals surface area (Å²) in [5.41, 5.74) is -0.610. The van der Waals surface area contributed by atoms with Crippen LogP contribution in [0.15, 0.2) is 12.7 Å². The first kappa shape index (κ1) is 16.9. The van der Waals surface area contributed by atoms with Crippen molar-refractivity contribution in [2.24, 2.45) is 0 Å². The van der Waals surface area contributed by atoms with Crippen LogP contribution in [0.1, 0.15) is 27.7 Å². The van der Waals surface area contributed by atoms with Crippen LogP contribution in [-0.2, 0) is 9.47 Å². The quantitative estimate of drug-likeness (QED) is 0.495. The third-order valence-corrected chi connectivity index (χ3v) is 4.38. The molecule has 8 nitrogen and oxygen atoms in total. The monoisotopic (exact) mass is 337 g/mol. The fourth-order valence-electron chi connectivity index (χ4n) is 2.11. The minimum atomic E-state index is -0.305. The van der Waals surface area contributed by atoms with Gasteiger partial charge in [-0.2, -0.15) is 0 Å². The van der Waals surface area contributed by atoms with E-state index in [0.29, 0.717) is 13.2 Å². The van der Waals surface area contributed by atoms with Gasteiger partial charge < -0.3 is 23.7 Å². The van der Waals surface area contributed by atoms with Crippen molar-refractivity contribution in [3.05, 3.63) is 12.7 Å². The SMILES string of the molecule is C=CCOc1nc(OCC2(C)OC2C)nc(OCC2(C)OC2C)n1. The molecule has 0 N–H and O–H groups in total. The summed E-state index contributed by atoms with van der Waals surface area (Å²) >= 11 is 0. The summed E-state index contributed by atoms with van der Waals surface area (Å²) in [5.74, 6) is 0. The summed E-state index contributed by atoms with van der Waals surface area (Å²) in [7, 11) is 0. The van der Waals surface area contributed by atoms with Gasteiger partial charge in [-0.3, -0.25) is 0 Å². The number of ether oxygens (including phenoxy) is 5. The number of epoxide rings is 2. The van der Waals surface area contributed by atoms with Crippen molar-refractivity contribution < 1.29 is 23.7 Å². The summed E-state index contributed by atoms with van der Waals surface area (Å²) in [6.45, 7) is 12.5. The Balaban J connectivity index is 1.66. The zero-order valence-electron chi connectivity index (χ0n) is 14.4. The fraction of sp³-hybridized carbons (Fsp3) is 0.688. The maximum Gasteiger partial charge on any atom is 0.326 e. The van der Waals surface area contributed by atoms with E-state index in [1.54, 1.807) is 6.08 Å². The van der Waals surface area contributed by atoms with Crippen LogP contribution in [0, 0.1) is 0 Å². The number of nitrogens with zero attached hydrogens (tertiary/aromatic N) is 3. The van der Waals surface area contributed by atoms with Crippen LogP contribution in [0.4, 0.5) is 0 Å². The molecule has 0 bridgehead atoms. The molecule has 0 aromatic carbocycles. The molecule has 3 rings (SSSR count). The van der Waals surface area contributed by atoms with Crippen LogP contribution in [-0.4, -0.2) is 58.2 Å². The van der Waals surface area contributed by atoms with Crippen molar-refractivity contribution in [3.8, 4) is 18.0 Å². The van der Waals surface area contributed by atoms with Crippen molar-refractivity contribution in [2.75, 3.05) is 19.8 Å².